The van der Waals surface area contributed by atoms with Gasteiger partial charge in [0.15, 0.2) is 0 Å². The maximum atomic E-state index is 12.4. The van der Waals surface area contributed by atoms with Crippen LogP contribution in [0.5, 0.6) is 0 Å². The normalized spacial score (nSPS) is 15.2. The van der Waals surface area contributed by atoms with E-state index in [4.69, 9.17) is 0 Å². The van der Waals surface area contributed by atoms with Crippen LogP contribution < -0.4 is 5.32 Å². The van der Waals surface area contributed by atoms with Gasteiger partial charge in [-0.3, -0.25) is 9.69 Å². The lowest BCUT2D eigenvalue weighted by Gasteiger charge is -2.30. The van der Waals surface area contributed by atoms with Crippen LogP contribution in [0, 0.1) is 0 Å². The molecule has 1 fully saturated rings. The number of rotatable bonds is 7. The Balaban J connectivity index is 1.90. The number of carbonyl (C=O) groups excluding carboxylic acids is 1. The Hall–Kier alpha value is -0.810. The Morgan fingerprint density at radius 3 is 2.52 bits per heavy atom. The van der Waals surface area contributed by atoms with Gasteiger partial charge < -0.3 is 9.88 Å². The number of hydrogen-bond donors (Lipinski definition) is 1. The van der Waals surface area contributed by atoms with E-state index in [0.717, 1.165) is 16.7 Å². The van der Waals surface area contributed by atoms with Gasteiger partial charge in [0.2, 0.25) is 0 Å². The molecule has 5 heteroatoms. The second-order valence-electron chi connectivity index (χ2n) is 6.36. The van der Waals surface area contributed by atoms with E-state index < -0.39 is 0 Å². The summed E-state index contributed by atoms with van der Waals surface area (Å²) in [4.78, 5) is 14.7. The molecule has 4 nitrogen and oxygen atoms in total. The van der Waals surface area contributed by atoms with Crippen LogP contribution in [0.25, 0.3) is 0 Å². The first-order chi connectivity index (χ1) is 9.90. The third-order valence-electron chi connectivity index (χ3n) is 3.97. The maximum absolute atomic E-state index is 12.4. The number of hydrogen-bond acceptors (Lipinski definition) is 2. The fourth-order valence-corrected chi connectivity index (χ4v) is 3.22. The second kappa shape index (κ2) is 6.97. The average molecular weight is 356 g/mol. The van der Waals surface area contributed by atoms with Crippen molar-refractivity contribution in [3.63, 3.8) is 0 Å². The smallest absolute Gasteiger partial charge is 0.268 e. The highest BCUT2D eigenvalue weighted by Gasteiger charge is 2.27. The van der Waals surface area contributed by atoms with Gasteiger partial charge in [-0.25, -0.2) is 0 Å². The highest BCUT2D eigenvalue weighted by molar-refractivity contribution is 9.10. The minimum Gasteiger partial charge on any atom is -0.349 e. The molecular weight excluding hydrogens is 330 g/mol. The van der Waals surface area contributed by atoms with E-state index in [1.807, 2.05) is 12.3 Å². The summed E-state index contributed by atoms with van der Waals surface area (Å²) in [6.45, 7) is 10.3. The fourth-order valence-electron chi connectivity index (χ4n) is 2.78. The summed E-state index contributed by atoms with van der Waals surface area (Å²) >= 11 is 3.47. The van der Waals surface area contributed by atoms with E-state index in [0.29, 0.717) is 24.7 Å². The summed E-state index contributed by atoms with van der Waals surface area (Å²) in [5.41, 5.74) is 0.769. The number of aromatic nitrogens is 1. The molecule has 1 saturated carbocycles. The molecule has 118 valence electrons. The van der Waals surface area contributed by atoms with Crippen molar-refractivity contribution in [3.8, 4) is 0 Å². The van der Waals surface area contributed by atoms with Crippen molar-refractivity contribution in [2.24, 2.45) is 0 Å². The van der Waals surface area contributed by atoms with Gasteiger partial charge in [-0.15, -0.1) is 0 Å². The first kappa shape index (κ1) is 16.6. The molecule has 1 aliphatic carbocycles. The van der Waals surface area contributed by atoms with Crippen molar-refractivity contribution < 1.29 is 4.79 Å². The van der Waals surface area contributed by atoms with Gasteiger partial charge in [0.1, 0.15) is 5.69 Å². The van der Waals surface area contributed by atoms with Gasteiger partial charge >= 0.3 is 0 Å². The number of carbonyl (C=O) groups is 1. The van der Waals surface area contributed by atoms with Crippen LogP contribution in [-0.2, 0) is 0 Å². The topological polar surface area (TPSA) is 37.3 Å². The molecule has 0 saturated heterocycles. The third kappa shape index (κ3) is 4.33. The molecule has 0 radical (unpaired) electrons. The van der Waals surface area contributed by atoms with Crippen LogP contribution in [0.15, 0.2) is 16.7 Å². The molecule has 0 aliphatic heterocycles. The molecule has 0 aromatic carbocycles. The van der Waals surface area contributed by atoms with Crippen molar-refractivity contribution in [1.29, 1.82) is 0 Å². The molecule has 0 unspecified atom stereocenters. The van der Waals surface area contributed by atoms with Crippen LogP contribution in [0.2, 0.25) is 0 Å². The Morgan fingerprint density at radius 1 is 1.38 bits per heavy atom. The summed E-state index contributed by atoms with van der Waals surface area (Å²) < 4.78 is 3.08. The number of halogens is 1. The van der Waals surface area contributed by atoms with Gasteiger partial charge in [-0.2, -0.15) is 0 Å². The number of nitrogens with one attached hydrogen (secondary N) is 1. The molecule has 0 atom stereocenters. The molecular formula is C16H26BrN3O. The fraction of sp³-hybridized carbons (Fsp3) is 0.688. The quantitative estimate of drug-likeness (QED) is 0.813. The molecule has 1 amide bonds. The summed E-state index contributed by atoms with van der Waals surface area (Å²) in [5, 5.41) is 3.05. The zero-order chi connectivity index (χ0) is 15.6. The van der Waals surface area contributed by atoms with Crippen molar-refractivity contribution >= 4 is 21.8 Å². The van der Waals surface area contributed by atoms with E-state index in [1.165, 1.54) is 12.8 Å². The molecule has 2 rings (SSSR count). The summed E-state index contributed by atoms with van der Waals surface area (Å²) in [7, 11) is 0. The van der Waals surface area contributed by atoms with E-state index in [1.54, 1.807) is 0 Å². The molecule has 0 bridgehead atoms. The van der Waals surface area contributed by atoms with Gasteiger partial charge in [-0.05, 0) is 62.5 Å². The third-order valence-corrected chi connectivity index (χ3v) is 4.40. The predicted molar refractivity (Wildman–Crippen MR) is 89.7 cm³/mol. The van der Waals surface area contributed by atoms with Gasteiger partial charge in [0.05, 0.1) is 0 Å². The highest BCUT2D eigenvalue weighted by Crippen LogP contribution is 2.37. The first-order valence-corrected chi connectivity index (χ1v) is 8.60. The molecule has 1 N–H and O–H groups in total. The molecule has 21 heavy (non-hydrogen) atoms. The number of amides is 1. The molecule has 1 aliphatic rings. The van der Waals surface area contributed by atoms with Gasteiger partial charge in [0, 0.05) is 41.9 Å². The zero-order valence-electron chi connectivity index (χ0n) is 13.4. The Kier molecular flexibility index (Phi) is 5.49. The lowest BCUT2D eigenvalue weighted by atomic mass is 10.2. The Morgan fingerprint density at radius 2 is 2.00 bits per heavy atom. The van der Waals surface area contributed by atoms with E-state index in [2.05, 4.69) is 58.4 Å². The average Bonchev–Trinajstić information content (AvgIpc) is 3.16. The Bertz CT molecular complexity index is 484. The summed E-state index contributed by atoms with van der Waals surface area (Å²) in [6.07, 6.45) is 4.37. The van der Waals surface area contributed by atoms with Crippen LogP contribution in [0.4, 0.5) is 0 Å². The van der Waals surface area contributed by atoms with Crippen LogP contribution >= 0.6 is 15.9 Å². The largest absolute Gasteiger partial charge is 0.349 e. The lowest BCUT2D eigenvalue weighted by molar-refractivity contribution is 0.0930. The molecule has 1 aromatic rings. The Labute approximate surface area is 136 Å². The molecule has 1 aromatic heterocycles. The SMILES string of the molecule is CC(C)N(CCNC(=O)c1cc(Br)cn1C1CC1)C(C)C. The van der Waals surface area contributed by atoms with Gasteiger partial charge in [0.25, 0.3) is 5.91 Å². The van der Waals surface area contributed by atoms with Gasteiger partial charge in [-0.1, -0.05) is 0 Å². The standard InChI is InChI=1S/C16H26BrN3O/c1-11(2)19(12(3)4)8-7-18-16(21)15-9-13(17)10-20(15)14-5-6-14/h9-12,14H,5-8H2,1-4H3,(H,18,21). The van der Waals surface area contributed by atoms with Crippen LogP contribution in [0.1, 0.15) is 57.1 Å². The lowest BCUT2D eigenvalue weighted by Crippen LogP contribution is -2.42. The van der Waals surface area contributed by atoms with Crippen LogP contribution in [-0.4, -0.2) is 40.5 Å². The van der Waals surface area contributed by atoms with E-state index in [9.17, 15) is 4.79 Å². The monoisotopic (exact) mass is 355 g/mol. The minimum atomic E-state index is 0.0278. The van der Waals surface area contributed by atoms with Crippen LogP contribution in [0.3, 0.4) is 0 Å². The molecule has 1 heterocycles. The minimum absolute atomic E-state index is 0.0278. The first-order valence-electron chi connectivity index (χ1n) is 7.81. The van der Waals surface area contributed by atoms with E-state index in [-0.39, 0.29) is 5.91 Å². The predicted octanol–water partition coefficient (Wildman–Crippen LogP) is 3.43. The maximum Gasteiger partial charge on any atom is 0.268 e. The highest BCUT2D eigenvalue weighted by atomic mass is 79.9. The van der Waals surface area contributed by atoms with E-state index >= 15 is 0 Å². The van der Waals surface area contributed by atoms with Crippen molar-refractivity contribution in [2.75, 3.05) is 13.1 Å². The summed E-state index contributed by atoms with van der Waals surface area (Å²) in [5.74, 6) is 0.0278. The summed E-state index contributed by atoms with van der Waals surface area (Å²) in [6, 6.07) is 3.41. The zero-order valence-corrected chi connectivity index (χ0v) is 15.0. The van der Waals surface area contributed by atoms with Crippen molar-refractivity contribution in [2.45, 2.75) is 58.7 Å². The van der Waals surface area contributed by atoms with Crippen molar-refractivity contribution in [3.05, 3.63) is 22.4 Å². The molecule has 0 spiro atoms. The van der Waals surface area contributed by atoms with Crippen molar-refractivity contribution in [1.82, 2.24) is 14.8 Å². The number of nitrogens with zero attached hydrogens (tertiary/aromatic N) is 2. The second-order valence-corrected chi connectivity index (χ2v) is 7.28.